The Bertz CT molecular complexity index is 788. The number of rotatable bonds is 2. The molecular weight excluding hydrogens is 339 g/mol. The van der Waals surface area contributed by atoms with E-state index in [9.17, 15) is 4.79 Å². The van der Waals surface area contributed by atoms with Crippen LogP contribution >= 0.6 is 35.0 Å². The number of aliphatic imine (C=N–C) groups is 1. The molecule has 0 aliphatic carbocycles. The Morgan fingerprint density at radius 2 is 1.86 bits per heavy atom. The van der Waals surface area contributed by atoms with E-state index in [0.717, 1.165) is 11.3 Å². The lowest BCUT2D eigenvalue weighted by Crippen LogP contribution is -2.19. The predicted octanol–water partition coefficient (Wildman–Crippen LogP) is 4.89. The van der Waals surface area contributed by atoms with Gasteiger partial charge in [0.25, 0.3) is 5.91 Å². The van der Waals surface area contributed by atoms with E-state index in [1.165, 1.54) is 11.8 Å². The first-order valence-corrected chi connectivity index (χ1v) is 7.99. The van der Waals surface area contributed by atoms with Crippen molar-refractivity contribution in [1.82, 2.24) is 5.32 Å². The molecule has 1 aliphatic heterocycles. The van der Waals surface area contributed by atoms with Gasteiger partial charge in [-0.25, -0.2) is 4.99 Å². The van der Waals surface area contributed by atoms with E-state index < -0.39 is 0 Å². The van der Waals surface area contributed by atoms with Gasteiger partial charge in [-0.05, 0) is 47.7 Å². The minimum Gasteiger partial charge on any atom is -0.300 e. The van der Waals surface area contributed by atoms with Crippen LogP contribution in [0.4, 0.5) is 5.69 Å². The van der Waals surface area contributed by atoms with Gasteiger partial charge in [-0.3, -0.25) is 4.79 Å². The molecule has 0 saturated carbocycles. The van der Waals surface area contributed by atoms with Gasteiger partial charge in [0, 0.05) is 10.0 Å². The summed E-state index contributed by atoms with van der Waals surface area (Å²) in [6.07, 6.45) is 1.73. The highest BCUT2D eigenvalue weighted by molar-refractivity contribution is 8.18. The monoisotopic (exact) mass is 348 g/mol. The number of nitrogens with zero attached hydrogens (tertiary/aromatic N) is 1. The fraction of sp³-hybridized carbons (Fsp3) is 0. The molecule has 6 heteroatoms. The summed E-state index contributed by atoms with van der Waals surface area (Å²) in [6.45, 7) is 0. The smallest absolute Gasteiger partial charge is 0.264 e. The van der Waals surface area contributed by atoms with Crippen LogP contribution in [0, 0.1) is 0 Å². The number of benzene rings is 2. The van der Waals surface area contributed by atoms with Gasteiger partial charge in [0.05, 0.1) is 10.6 Å². The van der Waals surface area contributed by atoms with Crippen molar-refractivity contribution in [3.05, 3.63) is 69.0 Å². The van der Waals surface area contributed by atoms with Crippen LogP contribution in [0.1, 0.15) is 5.56 Å². The molecule has 110 valence electrons. The minimum atomic E-state index is -0.189. The van der Waals surface area contributed by atoms with Crippen LogP contribution in [0.25, 0.3) is 6.08 Å². The average molecular weight is 349 g/mol. The van der Waals surface area contributed by atoms with Crippen molar-refractivity contribution in [3.8, 4) is 0 Å². The summed E-state index contributed by atoms with van der Waals surface area (Å²) in [4.78, 5) is 16.9. The Morgan fingerprint density at radius 3 is 2.59 bits per heavy atom. The van der Waals surface area contributed by atoms with Gasteiger partial charge >= 0.3 is 0 Å². The van der Waals surface area contributed by atoms with Gasteiger partial charge in [-0.2, -0.15) is 0 Å². The molecule has 1 fully saturated rings. The summed E-state index contributed by atoms with van der Waals surface area (Å²) in [7, 11) is 0. The molecule has 1 saturated heterocycles. The van der Waals surface area contributed by atoms with Crippen molar-refractivity contribution in [2.24, 2.45) is 4.99 Å². The number of amidine groups is 1. The molecule has 0 unspecified atom stereocenters. The lowest BCUT2D eigenvalue weighted by atomic mass is 10.2. The van der Waals surface area contributed by atoms with E-state index in [1.54, 1.807) is 24.3 Å². The zero-order chi connectivity index (χ0) is 15.5. The molecule has 3 rings (SSSR count). The molecular formula is C16H10Cl2N2OS. The van der Waals surface area contributed by atoms with Crippen LogP contribution in [0.2, 0.25) is 10.0 Å². The van der Waals surface area contributed by atoms with E-state index in [1.807, 2.05) is 30.3 Å². The first-order valence-electron chi connectivity index (χ1n) is 6.41. The predicted molar refractivity (Wildman–Crippen MR) is 93.7 cm³/mol. The van der Waals surface area contributed by atoms with Gasteiger partial charge in [-0.15, -0.1) is 0 Å². The van der Waals surface area contributed by atoms with E-state index in [-0.39, 0.29) is 5.91 Å². The molecule has 3 nitrogen and oxygen atoms in total. The molecule has 0 bridgehead atoms. The van der Waals surface area contributed by atoms with Crippen molar-refractivity contribution in [3.63, 3.8) is 0 Å². The quantitative estimate of drug-likeness (QED) is 0.785. The second-order valence-electron chi connectivity index (χ2n) is 4.48. The highest BCUT2D eigenvalue weighted by Crippen LogP contribution is 2.30. The zero-order valence-corrected chi connectivity index (χ0v) is 13.5. The third-order valence-electron chi connectivity index (χ3n) is 2.89. The normalized spacial score (nSPS) is 18.0. The Balaban J connectivity index is 1.86. The summed E-state index contributed by atoms with van der Waals surface area (Å²) >= 11 is 13.3. The highest BCUT2D eigenvalue weighted by atomic mass is 35.5. The summed E-state index contributed by atoms with van der Waals surface area (Å²) in [5, 5.41) is 4.35. The molecule has 1 amide bonds. The summed E-state index contributed by atoms with van der Waals surface area (Å²) in [5.41, 5.74) is 1.53. The number of carbonyl (C=O) groups excluding carboxylic acids is 1. The third-order valence-corrected chi connectivity index (χ3v) is 4.36. The van der Waals surface area contributed by atoms with Crippen LogP contribution in [0.15, 0.2) is 58.4 Å². The maximum atomic E-state index is 12.0. The number of para-hydroxylation sites is 1. The number of thioether (sulfide) groups is 1. The number of amides is 1. The lowest BCUT2D eigenvalue weighted by Gasteiger charge is -1.99. The Hall–Kier alpha value is -1.75. The fourth-order valence-electron chi connectivity index (χ4n) is 1.86. The molecule has 0 atom stereocenters. The van der Waals surface area contributed by atoms with Crippen molar-refractivity contribution < 1.29 is 4.79 Å². The molecule has 2 aromatic rings. The van der Waals surface area contributed by atoms with Crippen molar-refractivity contribution in [1.29, 1.82) is 0 Å². The Kier molecular flexibility index (Phi) is 4.52. The number of hydrogen-bond acceptors (Lipinski definition) is 3. The van der Waals surface area contributed by atoms with Crippen LogP contribution < -0.4 is 5.32 Å². The lowest BCUT2D eigenvalue weighted by molar-refractivity contribution is -0.115. The number of carbonyl (C=O) groups is 1. The van der Waals surface area contributed by atoms with E-state index in [4.69, 9.17) is 23.2 Å². The second kappa shape index (κ2) is 6.57. The summed E-state index contributed by atoms with van der Waals surface area (Å²) in [6, 6.07) is 14.6. The van der Waals surface area contributed by atoms with E-state index in [2.05, 4.69) is 10.3 Å². The molecule has 1 N–H and O–H groups in total. The number of nitrogens with one attached hydrogen (secondary N) is 1. The molecule has 1 heterocycles. The van der Waals surface area contributed by atoms with Crippen LogP contribution in [0.5, 0.6) is 0 Å². The number of hydrogen-bond donors (Lipinski definition) is 1. The third kappa shape index (κ3) is 3.53. The largest absolute Gasteiger partial charge is 0.300 e. The maximum absolute atomic E-state index is 12.0. The van der Waals surface area contributed by atoms with Crippen LogP contribution in [-0.2, 0) is 4.79 Å². The van der Waals surface area contributed by atoms with Gasteiger partial charge < -0.3 is 5.32 Å². The SMILES string of the molecule is O=C1NC(=Nc2ccccc2)SC1=Cc1ccc(Cl)cc1Cl. The zero-order valence-electron chi connectivity index (χ0n) is 11.2. The molecule has 22 heavy (non-hydrogen) atoms. The Morgan fingerprint density at radius 1 is 1.09 bits per heavy atom. The van der Waals surface area contributed by atoms with Gasteiger partial charge in [0.1, 0.15) is 0 Å². The molecule has 1 aliphatic rings. The number of halogens is 2. The highest BCUT2D eigenvalue weighted by Gasteiger charge is 2.24. The standard InChI is InChI=1S/C16H10Cl2N2OS/c17-11-7-6-10(13(18)9-11)8-14-15(21)20-16(22-14)19-12-4-2-1-3-5-12/h1-9H,(H,19,20,21). The molecule has 2 aromatic carbocycles. The van der Waals surface area contributed by atoms with E-state index in [0.29, 0.717) is 20.1 Å². The average Bonchev–Trinajstić information content (AvgIpc) is 2.83. The second-order valence-corrected chi connectivity index (χ2v) is 6.36. The van der Waals surface area contributed by atoms with Crippen LogP contribution in [0.3, 0.4) is 0 Å². The minimum absolute atomic E-state index is 0.189. The maximum Gasteiger partial charge on any atom is 0.264 e. The summed E-state index contributed by atoms with van der Waals surface area (Å²) < 4.78 is 0. The van der Waals surface area contributed by atoms with Gasteiger partial charge in [0.2, 0.25) is 0 Å². The molecule has 0 spiro atoms. The van der Waals surface area contributed by atoms with Crippen LogP contribution in [-0.4, -0.2) is 11.1 Å². The topological polar surface area (TPSA) is 41.5 Å². The van der Waals surface area contributed by atoms with E-state index >= 15 is 0 Å². The Labute approximate surface area is 142 Å². The van der Waals surface area contributed by atoms with Gasteiger partial charge in [-0.1, -0.05) is 47.5 Å². The molecule has 0 radical (unpaired) electrons. The van der Waals surface area contributed by atoms with Crippen molar-refractivity contribution in [2.75, 3.05) is 0 Å². The summed E-state index contributed by atoms with van der Waals surface area (Å²) in [5.74, 6) is -0.189. The van der Waals surface area contributed by atoms with Crippen molar-refractivity contribution >= 4 is 57.8 Å². The first kappa shape index (κ1) is 15.2. The first-order chi connectivity index (χ1) is 10.6. The van der Waals surface area contributed by atoms with Gasteiger partial charge in [0.15, 0.2) is 5.17 Å². The fourth-order valence-corrected chi connectivity index (χ4v) is 3.16. The molecule has 0 aromatic heterocycles. The van der Waals surface area contributed by atoms with Crippen molar-refractivity contribution in [2.45, 2.75) is 0 Å².